The van der Waals surface area contributed by atoms with Gasteiger partial charge in [-0.05, 0) is 64.3 Å². The van der Waals surface area contributed by atoms with E-state index in [0.717, 1.165) is 38.8 Å². The van der Waals surface area contributed by atoms with Crippen LogP contribution < -0.4 is 19.6 Å². The second-order valence-corrected chi connectivity index (χ2v) is 45.2. The first kappa shape index (κ1) is 44.0. The fourth-order valence-electron chi connectivity index (χ4n) is 6.16. The summed E-state index contributed by atoms with van der Waals surface area (Å²) in [5, 5.41) is 0. The minimum atomic E-state index is 0.286. The predicted octanol–water partition coefficient (Wildman–Crippen LogP) is 13.0. The van der Waals surface area contributed by atoms with Crippen LogP contribution in [0.2, 0.25) is 0 Å². The van der Waals surface area contributed by atoms with Crippen molar-refractivity contribution in [2.45, 2.75) is 102 Å². The van der Waals surface area contributed by atoms with E-state index in [1.807, 2.05) is 0 Å². The number of halogens is 4. The van der Waals surface area contributed by atoms with Crippen molar-refractivity contribution < 1.29 is 22.4 Å². The smallest absolute Gasteiger partial charge is 0.0534 e. The Labute approximate surface area is 339 Å². The second kappa shape index (κ2) is 27.5. The molecule has 0 atom stereocenters. The molecule has 12 heteroatoms. The van der Waals surface area contributed by atoms with Crippen molar-refractivity contribution in [1.82, 2.24) is 0 Å². The van der Waals surface area contributed by atoms with Gasteiger partial charge in [0, 0.05) is 22.7 Å². The van der Waals surface area contributed by atoms with Gasteiger partial charge in [0.05, 0.1) is 0 Å². The van der Waals surface area contributed by atoms with Crippen molar-refractivity contribution in [2.24, 2.45) is 0 Å². The summed E-state index contributed by atoms with van der Waals surface area (Å²) in [5.74, 6) is 0. The third kappa shape index (κ3) is 17.4. The standard InChI is InChI=1S/C22H28N4.2C6H12N.4HI.2Pt/c1-23-17-25(21-13-7-5-11-19(21)23)15-9-3-4-10-16-26-18-24(2)20-12-6-8-14-22(20)26;2*7-6-4-2-1-3-5-6;;;;;;/h5-8,11-14,17-18H,3-4,9-10,15-16H2,1-2H3;2*6-7H,1-5H2;4*1H;;/q-2;2*-1;;;;;2*+4/p-4. The molecule has 266 valence electrons. The van der Waals surface area contributed by atoms with Gasteiger partial charge in [-0.3, -0.25) is 0 Å². The second-order valence-electron chi connectivity index (χ2n) is 12.0. The van der Waals surface area contributed by atoms with Gasteiger partial charge >= 0.3 is 99.8 Å². The summed E-state index contributed by atoms with van der Waals surface area (Å²) in [7, 11) is 4.25. The SMILES string of the molecule is CN1[CH-]N(CCCCCCN2[CH-]N(C)c3ccccc32)c2ccccc21.[I][Pt+2][I].[I][Pt+2][I].[NH-]C1CCCCC1.[NH-]C1CCCCC1. The number of unbranched alkanes of at least 4 members (excludes halogenated alkanes) is 3. The average molecular weight is 1440 g/mol. The Balaban J connectivity index is 0.000000298. The minimum absolute atomic E-state index is 0.286. The van der Waals surface area contributed by atoms with Crippen LogP contribution in [0.25, 0.3) is 11.5 Å². The molecule has 0 radical (unpaired) electrons. The largest absolute Gasteiger partial charge is 0.675 e. The number of fused-ring (bicyclic) bond motifs is 2. The van der Waals surface area contributed by atoms with Crippen LogP contribution in [0, 0.1) is 13.3 Å². The quantitative estimate of drug-likeness (QED) is 0.157. The van der Waals surface area contributed by atoms with E-state index in [4.69, 9.17) is 11.5 Å². The van der Waals surface area contributed by atoms with E-state index in [-0.39, 0.29) is 12.1 Å². The summed E-state index contributed by atoms with van der Waals surface area (Å²) in [5.41, 5.74) is 19.8. The van der Waals surface area contributed by atoms with E-state index in [2.05, 4.69) is 173 Å². The molecule has 2 heterocycles. The summed E-state index contributed by atoms with van der Waals surface area (Å²) in [6.07, 6.45) is 17.6. The number of hydrogen-bond donors (Lipinski definition) is 0. The first-order valence-corrected chi connectivity index (χ1v) is 42.1. The molecule has 2 aliphatic heterocycles. The zero-order chi connectivity index (χ0) is 33.6. The molecular formula is C34H52I4N6Pt2. The maximum atomic E-state index is 7.27. The monoisotopic (exact) mass is 1440 g/mol. The fraction of sp³-hybridized carbons (Fsp3) is 0.588. The molecule has 2 aromatic rings. The van der Waals surface area contributed by atoms with Crippen molar-refractivity contribution in [1.29, 1.82) is 0 Å². The normalized spacial score (nSPS) is 17.5. The van der Waals surface area contributed by atoms with Crippen LogP contribution in [-0.2, 0) is 22.4 Å². The van der Waals surface area contributed by atoms with E-state index in [0.29, 0.717) is 22.4 Å². The van der Waals surface area contributed by atoms with Gasteiger partial charge in [0.15, 0.2) is 0 Å². The van der Waals surface area contributed by atoms with Crippen LogP contribution in [0.3, 0.4) is 0 Å². The molecule has 4 aliphatic rings. The van der Waals surface area contributed by atoms with E-state index >= 15 is 0 Å². The third-order valence-corrected chi connectivity index (χ3v) is 8.53. The number of hydrogen-bond acceptors (Lipinski definition) is 4. The molecule has 6 nitrogen and oxygen atoms in total. The van der Waals surface area contributed by atoms with E-state index in [1.54, 1.807) is 0 Å². The number of rotatable bonds is 7. The topological polar surface area (TPSA) is 60.6 Å². The summed E-state index contributed by atoms with van der Waals surface area (Å²) in [4.78, 5) is 9.20. The third-order valence-electron chi connectivity index (χ3n) is 8.53. The number of nitrogens with zero attached hydrogens (tertiary/aromatic N) is 4. The van der Waals surface area contributed by atoms with Gasteiger partial charge in [-0.15, -0.1) is 12.1 Å². The molecule has 6 rings (SSSR count). The Morgan fingerprint density at radius 2 is 0.870 bits per heavy atom. The number of anilines is 4. The van der Waals surface area contributed by atoms with Gasteiger partial charge in [-0.2, -0.15) is 13.3 Å². The first-order valence-electron chi connectivity index (χ1n) is 16.3. The summed E-state index contributed by atoms with van der Waals surface area (Å²) < 4.78 is 0. The van der Waals surface area contributed by atoms with E-state index in [1.165, 1.54) is 87.0 Å². The first-order chi connectivity index (χ1) is 22.4. The molecule has 0 aromatic heterocycles. The molecule has 2 saturated carbocycles. The number of para-hydroxylation sites is 4. The van der Waals surface area contributed by atoms with E-state index < -0.39 is 0 Å². The summed E-state index contributed by atoms with van der Waals surface area (Å²) in [6.45, 7) is 6.64. The molecular weight excluding hydrogens is 1390 g/mol. The molecule has 0 saturated heterocycles. The molecule has 2 N–H and O–H groups in total. The van der Waals surface area contributed by atoms with Crippen molar-refractivity contribution in [3.63, 3.8) is 0 Å². The Morgan fingerprint density at radius 1 is 0.565 bits per heavy atom. The Hall–Kier alpha value is 1.86. The predicted molar refractivity (Wildman–Crippen MR) is 230 cm³/mol. The average Bonchev–Trinajstić information content (AvgIpc) is 3.56. The molecule has 46 heavy (non-hydrogen) atoms. The summed E-state index contributed by atoms with van der Waals surface area (Å²) in [6, 6.07) is 17.8. The zero-order valence-electron chi connectivity index (χ0n) is 27.2. The van der Waals surface area contributed by atoms with Crippen LogP contribution in [0.15, 0.2) is 48.5 Å². The Bertz CT molecular complexity index is 965. The van der Waals surface area contributed by atoms with Crippen molar-refractivity contribution in [3.05, 3.63) is 73.3 Å². The summed E-state index contributed by atoms with van der Waals surface area (Å²) >= 11 is 10.6. The van der Waals surface area contributed by atoms with Crippen LogP contribution >= 0.6 is 77.4 Å². The van der Waals surface area contributed by atoms with Crippen LogP contribution in [0.5, 0.6) is 0 Å². The van der Waals surface area contributed by atoms with Crippen LogP contribution in [-0.4, -0.2) is 39.3 Å². The maximum absolute atomic E-state index is 7.27. The van der Waals surface area contributed by atoms with Crippen molar-refractivity contribution in [3.8, 4) is 0 Å². The molecule has 0 spiro atoms. The van der Waals surface area contributed by atoms with Gasteiger partial charge in [0.25, 0.3) is 0 Å². The molecule has 0 amide bonds. The molecule has 0 bridgehead atoms. The molecule has 2 fully saturated rings. The maximum Gasteiger partial charge on any atom is -0.0534 e. The number of benzene rings is 2. The van der Waals surface area contributed by atoms with Gasteiger partial charge in [0.1, 0.15) is 0 Å². The van der Waals surface area contributed by atoms with Gasteiger partial charge < -0.3 is 31.1 Å². The van der Waals surface area contributed by atoms with E-state index in [9.17, 15) is 0 Å². The fourth-order valence-corrected chi connectivity index (χ4v) is 6.16. The van der Waals surface area contributed by atoms with Crippen LogP contribution in [0.4, 0.5) is 22.7 Å². The minimum Gasteiger partial charge on any atom is -0.675 e. The van der Waals surface area contributed by atoms with Crippen LogP contribution in [0.1, 0.15) is 89.9 Å². The Kier molecular flexibility index (Phi) is 26.3. The molecule has 2 aromatic carbocycles. The number of nitrogens with one attached hydrogen (secondary N) is 2. The van der Waals surface area contributed by atoms with Crippen molar-refractivity contribution in [2.75, 3.05) is 46.8 Å². The van der Waals surface area contributed by atoms with Crippen molar-refractivity contribution >= 4 is 100 Å². The van der Waals surface area contributed by atoms with Gasteiger partial charge in [-0.25, -0.2) is 0 Å². The Morgan fingerprint density at radius 3 is 1.15 bits per heavy atom. The zero-order valence-corrected chi connectivity index (χ0v) is 40.3. The molecule has 2 aliphatic carbocycles. The molecule has 0 unspecified atom stereocenters. The van der Waals surface area contributed by atoms with Gasteiger partial charge in [-0.1, -0.05) is 101 Å². The van der Waals surface area contributed by atoms with Gasteiger partial charge in [0.2, 0.25) is 0 Å².